The summed E-state index contributed by atoms with van der Waals surface area (Å²) in [5.74, 6) is -1.41. The summed E-state index contributed by atoms with van der Waals surface area (Å²) in [6.07, 6.45) is -0.956. The molecule has 1 aliphatic rings. The molecule has 0 amide bonds. The first-order valence-corrected chi connectivity index (χ1v) is 6.89. The molecule has 1 fully saturated rings. The molecule has 0 aromatic heterocycles. The average molecular weight is 354 g/mol. The number of aliphatic carboxylic acids is 1. The molecule has 1 aliphatic heterocycles. The topological polar surface area (TPSA) is 40.5 Å². The molecule has 8 heteroatoms. The Morgan fingerprint density at radius 2 is 1.95 bits per heavy atom. The first kappa shape index (κ1) is 23.1. The highest BCUT2D eigenvalue weighted by Crippen LogP contribution is 2.33. The van der Waals surface area contributed by atoms with Crippen LogP contribution in [0.4, 0.5) is 13.2 Å². The van der Waals surface area contributed by atoms with E-state index in [-0.39, 0.29) is 37.8 Å². The van der Waals surface area contributed by atoms with Gasteiger partial charge in [0.1, 0.15) is 6.04 Å². The predicted octanol–water partition coefficient (Wildman–Crippen LogP) is 4.14. The van der Waals surface area contributed by atoms with Crippen molar-refractivity contribution in [2.24, 2.45) is 5.92 Å². The van der Waals surface area contributed by atoms with Crippen molar-refractivity contribution in [3.05, 3.63) is 0 Å². The van der Waals surface area contributed by atoms with Crippen molar-refractivity contribution in [1.82, 2.24) is 4.90 Å². The number of nitrogens with zero attached hydrogens (tertiary/aromatic N) is 1. The van der Waals surface area contributed by atoms with Crippen LogP contribution in [0.1, 0.15) is 45.4 Å². The van der Waals surface area contributed by atoms with Gasteiger partial charge in [-0.1, -0.05) is 19.8 Å². The minimum absolute atomic E-state index is 0. The summed E-state index contributed by atoms with van der Waals surface area (Å²) in [5, 5.41) is 9.06. The minimum Gasteiger partial charge on any atom is -0.481 e. The summed E-state index contributed by atoms with van der Waals surface area (Å²) in [6.45, 7) is 2.62. The van der Waals surface area contributed by atoms with Crippen LogP contribution in [0, 0.1) is 5.92 Å². The molecular formula is C13H24Cl2F3NO2. The lowest BCUT2D eigenvalue weighted by atomic mass is 9.98. The lowest BCUT2D eigenvalue weighted by Gasteiger charge is -2.27. The number of hydrogen-bond donors (Lipinski definition) is 1. The van der Waals surface area contributed by atoms with Crippen LogP contribution in [-0.2, 0) is 4.79 Å². The largest absolute Gasteiger partial charge is 0.481 e. The van der Waals surface area contributed by atoms with Crippen LogP contribution in [0.3, 0.4) is 0 Å². The van der Waals surface area contributed by atoms with Gasteiger partial charge in [-0.15, -0.1) is 24.8 Å². The molecule has 0 spiro atoms. The SMILES string of the molecule is CCCCC(CCN1CCC[C@@H]1C(F)(F)F)C(=O)O.Cl.Cl. The maximum atomic E-state index is 12.7. The van der Waals surface area contributed by atoms with E-state index in [1.54, 1.807) is 0 Å². The van der Waals surface area contributed by atoms with Crippen LogP contribution in [0.25, 0.3) is 0 Å². The maximum Gasteiger partial charge on any atom is 0.404 e. The number of halogens is 5. The molecule has 0 aliphatic carbocycles. The molecule has 2 atom stereocenters. The Labute approximate surface area is 136 Å². The van der Waals surface area contributed by atoms with E-state index in [1.165, 1.54) is 4.90 Å². The average Bonchev–Trinajstić information content (AvgIpc) is 2.76. The van der Waals surface area contributed by atoms with Gasteiger partial charge in [0.2, 0.25) is 0 Å². The number of rotatable bonds is 7. The molecule has 1 N–H and O–H groups in total. The fraction of sp³-hybridized carbons (Fsp3) is 0.923. The van der Waals surface area contributed by atoms with Gasteiger partial charge in [0.25, 0.3) is 0 Å². The number of alkyl halides is 3. The Hall–Kier alpha value is -0.200. The Balaban J connectivity index is 0. The van der Waals surface area contributed by atoms with Gasteiger partial charge >= 0.3 is 12.1 Å². The highest BCUT2D eigenvalue weighted by atomic mass is 35.5. The van der Waals surface area contributed by atoms with Crippen molar-refractivity contribution >= 4 is 30.8 Å². The monoisotopic (exact) mass is 353 g/mol. The van der Waals surface area contributed by atoms with Gasteiger partial charge in [0.15, 0.2) is 0 Å². The molecule has 1 unspecified atom stereocenters. The summed E-state index contributed by atoms with van der Waals surface area (Å²) >= 11 is 0. The van der Waals surface area contributed by atoms with Gasteiger partial charge in [-0.3, -0.25) is 9.69 Å². The van der Waals surface area contributed by atoms with Crippen molar-refractivity contribution in [2.45, 2.75) is 57.7 Å². The van der Waals surface area contributed by atoms with Crippen LogP contribution in [0.5, 0.6) is 0 Å². The standard InChI is InChI=1S/C13H22F3NO2.2ClH/c1-2-3-5-10(12(18)19)7-9-17-8-4-6-11(17)13(14,15)16;;/h10-11H,2-9H2,1H3,(H,18,19);2*1H/t10?,11-;;/m1../s1. The van der Waals surface area contributed by atoms with Crippen LogP contribution >= 0.6 is 24.8 Å². The van der Waals surface area contributed by atoms with Crippen molar-refractivity contribution in [2.75, 3.05) is 13.1 Å². The molecule has 1 heterocycles. The minimum atomic E-state index is -4.20. The second-order valence-corrected chi connectivity index (χ2v) is 5.20. The molecule has 0 aromatic rings. The summed E-state index contributed by atoms with van der Waals surface area (Å²) < 4.78 is 38.2. The number of carboxylic acid groups (broad SMARTS) is 1. The molecule has 1 saturated heterocycles. The quantitative estimate of drug-likeness (QED) is 0.747. The summed E-state index contributed by atoms with van der Waals surface area (Å²) in [7, 11) is 0. The van der Waals surface area contributed by atoms with E-state index in [0.29, 0.717) is 25.8 Å². The van der Waals surface area contributed by atoms with Crippen LogP contribution in [-0.4, -0.2) is 41.3 Å². The van der Waals surface area contributed by atoms with E-state index in [1.807, 2.05) is 6.92 Å². The third-order valence-electron chi connectivity index (χ3n) is 3.76. The molecule has 3 nitrogen and oxygen atoms in total. The van der Waals surface area contributed by atoms with Crippen LogP contribution in [0.15, 0.2) is 0 Å². The van der Waals surface area contributed by atoms with Crippen molar-refractivity contribution in [3.8, 4) is 0 Å². The second-order valence-electron chi connectivity index (χ2n) is 5.20. The van der Waals surface area contributed by atoms with E-state index in [4.69, 9.17) is 5.11 Å². The molecule has 0 aromatic carbocycles. The van der Waals surface area contributed by atoms with Gasteiger partial charge in [0.05, 0.1) is 5.92 Å². The Bertz CT molecular complexity index is 304. The fourth-order valence-electron chi connectivity index (χ4n) is 2.63. The summed E-state index contributed by atoms with van der Waals surface area (Å²) in [5.41, 5.74) is 0. The number of unbranched alkanes of at least 4 members (excludes halogenated alkanes) is 1. The Morgan fingerprint density at radius 3 is 2.43 bits per heavy atom. The van der Waals surface area contributed by atoms with E-state index in [0.717, 1.165) is 12.8 Å². The molecule has 0 saturated carbocycles. The predicted molar refractivity (Wildman–Crippen MR) is 80.4 cm³/mol. The van der Waals surface area contributed by atoms with Crippen molar-refractivity contribution < 1.29 is 23.1 Å². The zero-order valence-corrected chi connectivity index (χ0v) is 13.7. The molecule has 128 valence electrons. The summed E-state index contributed by atoms with van der Waals surface area (Å²) in [4.78, 5) is 12.4. The fourth-order valence-corrected chi connectivity index (χ4v) is 2.63. The number of hydrogen-bond acceptors (Lipinski definition) is 2. The third kappa shape index (κ3) is 7.56. The normalized spacial score (nSPS) is 20.5. The van der Waals surface area contributed by atoms with Gasteiger partial charge in [-0.05, 0) is 38.8 Å². The first-order chi connectivity index (χ1) is 8.86. The second kappa shape index (κ2) is 10.5. The smallest absolute Gasteiger partial charge is 0.404 e. The number of likely N-dealkylation sites (tertiary alicyclic amines) is 1. The molecule has 0 radical (unpaired) electrons. The number of carbonyl (C=O) groups is 1. The molecule has 0 bridgehead atoms. The first-order valence-electron chi connectivity index (χ1n) is 6.89. The van der Waals surface area contributed by atoms with Crippen LogP contribution in [0.2, 0.25) is 0 Å². The zero-order valence-electron chi connectivity index (χ0n) is 12.1. The highest BCUT2D eigenvalue weighted by Gasteiger charge is 2.45. The van der Waals surface area contributed by atoms with Crippen LogP contribution < -0.4 is 0 Å². The summed E-state index contributed by atoms with van der Waals surface area (Å²) in [6, 6.07) is -1.38. The maximum absolute atomic E-state index is 12.7. The van der Waals surface area contributed by atoms with Gasteiger partial charge in [-0.2, -0.15) is 13.2 Å². The van der Waals surface area contributed by atoms with E-state index in [9.17, 15) is 18.0 Å². The van der Waals surface area contributed by atoms with E-state index >= 15 is 0 Å². The van der Waals surface area contributed by atoms with Crippen molar-refractivity contribution in [3.63, 3.8) is 0 Å². The van der Waals surface area contributed by atoms with Gasteiger partial charge in [-0.25, -0.2) is 0 Å². The Morgan fingerprint density at radius 1 is 1.33 bits per heavy atom. The van der Waals surface area contributed by atoms with E-state index in [2.05, 4.69) is 0 Å². The molecular weight excluding hydrogens is 330 g/mol. The third-order valence-corrected chi connectivity index (χ3v) is 3.76. The number of carboxylic acids is 1. The zero-order chi connectivity index (χ0) is 14.5. The molecule has 21 heavy (non-hydrogen) atoms. The molecule has 1 rings (SSSR count). The van der Waals surface area contributed by atoms with Gasteiger partial charge in [0, 0.05) is 0 Å². The van der Waals surface area contributed by atoms with Gasteiger partial charge < -0.3 is 5.11 Å². The highest BCUT2D eigenvalue weighted by molar-refractivity contribution is 5.85. The van der Waals surface area contributed by atoms with E-state index < -0.39 is 24.1 Å². The Kier molecular flexibility index (Phi) is 11.6. The lowest BCUT2D eigenvalue weighted by Crippen LogP contribution is -2.42. The van der Waals surface area contributed by atoms with Crippen molar-refractivity contribution in [1.29, 1.82) is 0 Å². The lowest BCUT2D eigenvalue weighted by molar-refractivity contribution is -0.176.